The molecule has 0 radical (unpaired) electrons. The first kappa shape index (κ1) is 19.8. The SMILES string of the molecule is COc1ccc(OC)c(S(=O)(=O)c2ccc(NC(=O)c3ccccc3F)s2)c1. The number of rotatable bonds is 6. The zero-order chi connectivity index (χ0) is 20.3. The summed E-state index contributed by atoms with van der Waals surface area (Å²) in [7, 11) is -1.11. The Balaban J connectivity index is 1.91. The van der Waals surface area contributed by atoms with Gasteiger partial charge in [0.2, 0.25) is 9.84 Å². The van der Waals surface area contributed by atoms with Crippen molar-refractivity contribution >= 4 is 32.1 Å². The second-order valence-electron chi connectivity index (χ2n) is 5.57. The van der Waals surface area contributed by atoms with Crippen LogP contribution in [0.1, 0.15) is 10.4 Å². The van der Waals surface area contributed by atoms with E-state index in [1.807, 2.05) is 0 Å². The molecule has 3 aromatic rings. The van der Waals surface area contributed by atoms with Crippen molar-refractivity contribution in [3.05, 3.63) is 66.0 Å². The molecule has 0 aliphatic rings. The number of methoxy groups -OCH3 is 2. The predicted molar refractivity (Wildman–Crippen MR) is 104 cm³/mol. The summed E-state index contributed by atoms with van der Waals surface area (Å²) in [5, 5.41) is 2.79. The number of ether oxygens (including phenoxy) is 2. The van der Waals surface area contributed by atoms with E-state index in [2.05, 4.69) is 5.32 Å². The molecule has 6 nitrogen and oxygen atoms in total. The Morgan fingerprint density at radius 3 is 2.46 bits per heavy atom. The third kappa shape index (κ3) is 3.85. The molecule has 0 fully saturated rings. The Morgan fingerprint density at radius 2 is 1.79 bits per heavy atom. The first-order valence-corrected chi connectivity index (χ1v) is 10.3. The second kappa shape index (κ2) is 7.99. The first-order chi connectivity index (χ1) is 13.4. The maximum atomic E-state index is 13.7. The van der Waals surface area contributed by atoms with E-state index < -0.39 is 21.6 Å². The number of hydrogen-bond acceptors (Lipinski definition) is 6. The smallest absolute Gasteiger partial charge is 0.259 e. The zero-order valence-electron chi connectivity index (χ0n) is 14.9. The van der Waals surface area contributed by atoms with E-state index in [0.29, 0.717) is 5.75 Å². The van der Waals surface area contributed by atoms with Crippen LogP contribution in [0.25, 0.3) is 0 Å². The van der Waals surface area contributed by atoms with Crippen molar-refractivity contribution in [1.82, 2.24) is 0 Å². The first-order valence-electron chi connectivity index (χ1n) is 7.99. The highest BCUT2D eigenvalue weighted by Gasteiger charge is 2.25. The van der Waals surface area contributed by atoms with Crippen LogP contribution in [0.15, 0.2) is 63.7 Å². The summed E-state index contributed by atoms with van der Waals surface area (Å²) in [6.45, 7) is 0. The monoisotopic (exact) mass is 421 g/mol. The van der Waals surface area contributed by atoms with Crippen LogP contribution in [0.3, 0.4) is 0 Å². The van der Waals surface area contributed by atoms with E-state index in [1.165, 1.54) is 62.8 Å². The summed E-state index contributed by atoms with van der Waals surface area (Å²) in [6.07, 6.45) is 0. The fourth-order valence-electron chi connectivity index (χ4n) is 2.46. The highest BCUT2D eigenvalue weighted by atomic mass is 32.2. The van der Waals surface area contributed by atoms with E-state index in [1.54, 1.807) is 6.07 Å². The van der Waals surface area contributed by atoms with Gasteiger partial charge < -0.3 is 14.8 Å². The number of thiophene rings is 1. The van der Waals surface area contributed by atoms with Gasteiger partial charge in [0.05, 0.1) is 24.8 Å². The molecule has 0 saturated carbocycles. The van der Waals surface area contributed by atoms with Gasteiger partial charge in [-0.3, -0.25) is 4.79 Å². The van der Waals surface area contributed by atoms with Gasteiger partial charge in [-0.2, -0.15) is 0 Å². The lowest BCUT2D eigenvalue weighted by atomic mass is 10.2. The minimum Gasteiger partial charge on any atom is -0.497 e. The van der Waals surface area contributed by atoms with Gasteiger partial charge in [-0.25, -0.2) is 12.8 Å². The number of amides is 1. The van der Waals surface area contributed by atoms with Crippen LogP contribution >= 0.6 is 11.3 Å². The number of carbonyl (C=O) groups excluding carboxylic acids is 1. The van der Waals surface area contributed by atoms with Crippen LogP contribution < -0.4 is 14.8 Å². The molecule has 3 rings (SSSR count). The number of anilines is 1. The van der Waals surface area contributed by atoms with Crippen molar-refractivity contribution in [2.75, 3.05) is 19.5 Å². The summed E-state index contributed by atoms with van der Waals surface area (Å²) in [4.78, 5) is 12.2. The minimum atomic E-state index is -3.91. The molecule has 28 heavy (non-hydrogen) atoms. The highest BCUT2D eigenvalue weighted by molar-refractivity contribution is 7.93. The lowest BCUT2D eigenvalue weighted by molar-refractivity contribution is 0.102. The van der Waals surface area contributed by atoms with Gasteiger partial charge >= 0.3 is 0 Å². The molecule has 0 atom stereocenters. The van der Waals surface area contributed by atoms with Crippen LogP contribution in [0.5, 0.6) is 11.5 Å². The van der Waals surface area contributed by atoms with E-state index in [0.717, 1.165) is 11.3 Å². The topological polar surface area (TPSA) is 81.7 Å². The standard InChI is InChI=1S/C19H16FNO5S2/c1-25-12-7-8-15(26-2)16(11-12)28(23,24)18-10-9-17(27-18)21-19(22)13-5-3-4-6-14(13)20/h3-11H,1-2H3,(H,21,22). The Labute approximate surface area is 165 Å². The fraction of sp³-hybridized carbons (Fsp3) is 0.105. The second-order valence-corrected chi connectivity index (χ2v) is 8.80. The van der Waals surface area contributed by atoms with Crippen molar-refractivity contribution in [3.8, 4) is 11.5 Å². The summed E-state index contributed by atoms with van der Waals surface area (Å²) in [5.74, 6) is -0.788. The molecule has 1 aromatic heterocycles. The van der Waals surface area contributed by atoms with Gasteiger partial charge in [0, 0.05) is 6.07 Å². The Kier molecular flexibility index (Phi) is 5.66. The molecule has 9 heteroatoms. The van der Waals surface area contributed by atoms with Crippen molar-refractivity contribution < 1.29 is 27.1 Å². The van der Waals surface area contributed by atoms with Gasteiger partial charge in [-0.15, -0.1) is 11.3 Å². The molecule has 1 N–H and O–H groups in total. The van der Waals surface area contributed by atoms with E-state index in [-0.39, 0.29) is 25.4 Å². The number of nitrogens with one attached hydrogen (secondary N) is 1. The fourth-order valence-corrected chi connectivity index (χ4v) is 5.22. The van der Waals surface area contributed by atoms with Crippen LogP contribution in [0, 0.1) is 5.82 Å². The minimum absolute atomic E-state index is 0.00267. The van der Waals surface area contributed by atoms with Gasteiger partial charge in [-0.1, -0.05) is 12.1 Å². The number of halogens is 1. The number of sulfone groups is 1. The zero-order valence-corrected chi connectivity index (χ0v) is 16.6. The third-order valence-corrected chi connectivity index (χ3v) is 7.13. The van der Waals surface area contributed by atoms with Crippen molar-refractivity contribution in [3.63, 3.8) is 0 Å². The number of hydrogen-bond donors (Lipinski definition) is 1. The van der Waals surface area contributed by atoms with Gasteiger partial charge in [-0.05, 0) is 36.4 Å². The molecule has 0 bridgehead atoms. The lowest BCUT2D eigenvalue weighted by Crippen LogP contribution is -2.12. The maximum absolute atomic E-state index is 13.7. The van der Waals surface area contributed by atoms with Gasteiger partial charge in [0.15, 0.2) is 0 Å². The van der Waals surface area contributed by atoms with Crippen molar-refractivity contribution in [2.45, 2.75) is 9.10 Å². The van der Waals surface area contributed by atoms with E-state index in [9.17, 15) is 17.6 Å². The molecule has 146 valence electrons. The molecule has 0 spiro atoms. The Hall–Kier alpha value is -2.91. The Bertz CT molecular complexity index is 1120. The average molecular weight is 421 g/mol. The quantitative estimate of drug-likeness (QED) is 0.651. The molecule has 0 unspecified atom stereocenters. The number of carbonyl (C=O) groups is 1. The molecule has 2 aromatic carbocycles. The molecule has 1 amide bonds. The molecule has 1 heterocycles. The van der Waals surface area contributed by atoms with Crippen LogP contribution in [0.2, 0.25) is 0 Å². The summed E-state index contributed by atoms with van der Waals surface area (Å²) >= 11 is 0.857. The number of benzene rings is 2. The molecule has 0 saturated heterocycles. The van der Waals surface area contributed by atoms with Crippen molar-refractivity contribution in [2.24, 2.45) is 0 Å². The summed E-state index contributed by atoms with van der Waals surface area (Å²) < 4.78 is 50.0. The average Bonchev–Trinajstić information content (AvgIpc) is 3.17. The van der Waals surface area contributed by atoms with Crippen LogP contribution in [0.4, 0.5) is 9.39 Å². The normalized spacial score (nSPS) is 11.1. The van der Waals surface area contributed by atoms with Crippen LogP contribution in [-0.2, 0) is 9.84 Å². The van der Waals surface area contributed by atoms with Gasteiger partial charge in [0.1, 0.15) is 26.4 Å². The molecule has 0 aliphatic carbocycles. The van der Waals surface area contributed by atoms with Crippen molar-refractivity contribution in [1.29, 1.82) is 0 Å². The van der Waals surface area contributed by atoms with Gasteiger partial charge in [0.25, 0.3) is 5.91 Å². The maximum Gasteiger partial charge on any atom is 0.259 e. The summed E-state index contributed by atoms with van der Waals surface area (Å²) in [6, 6.07) is 12.8. The Morgan fingerprint density at radius 1 is 1.04 bits per heavy atom. The lowest BCUT2D eigenvalue weighted by Gasteiger charge is -2.10. The third-order valence-electron chi connectivity index (χ3n) is 3.86. The molecular formula is C19H16FNO5S2. The largest absolute Gasteiger partial charge is 0.497 e. The summed E-state index contributed by atoms with van der Waals surface area (Å²) in [5.41, 5.74) is -0.130. The molecule has 0 aliphatic heterocycles. The van der Waals surface area contributed by atoms with E-state index in [4.69, 9.17) is 9.47 Å². The highest BCUT2D eigenvalue weighted by Crippen LogP contribution is 2.36. The molecular weight excluding hydrogens is 405 g/mol. The van der Waals surface area contributed by atoms with Crippen LogP contribution in [-0.4, -0.2) is 28.5 Å². The van der Waals surface area contributed by atoms with E-state index >= 15 is 0 Å². The predicted octanol–water partition coefficient (Wildman–Crippen LogP) is 3.99.